The van der Waals surface area contributed by atoms with Gasteiger partial charge in [-0.15, -0.1) is 12.0 Å². The molecule has 0 saturated heterocycles. The molecule has 258 valence electrons. The van der Waals surface area contributed by atoms with Gasteiger partial charge < -0.3 is 49.5 Å². The van der Waals surface area contributed by atoms with E-state index < -0.39 is 8.07 Å². The molecule has 0 radical (unpaired) electrons. The summed E-state index contributed by atoms with van der Waals surface area (Å²) in [5.74, 6) is 7.41. The first-order valence-electron chi connectivity index (χ1n) is 14.8. The van der Waals surface area contributed by atoms with E-state index in [9.17, 15) is 0 Å². The zero-order valence-corrected chi connectivity index (χ0v) is 37.0. The van der Waals surface area contributed by atoms with Crippen molar-refractivity contribution in [2.45, 2.75) is 19.6 Å². The molecule has 2 aromatic rings. The standard InChI is InChI=1S/C18H28O4Si.C15H20O4.CH2O3.2K.H/c1-19-10-11-20-12-13-21-14-15-22-18-7-5-17(6-8-18)9-16-23(2,3)4;1-3-14-4-6-15(7-5-14)19-13-12-18-11-10-17-9-8-16-2;2-1-4-3;;;/h5-8H,10-15H2,1-4H3;1,4-7H,8-13H2,2H3;1,3H;;;/q;;;2*+1;-1/p-1. The van der Waals surface area contributed by atoms with E-state index in [0.717, 1.165) is 22.6 Å². The average molecular weight is 741 g/mol. The van der Waals surface area contributed by atoms with Crippen molar-refractivity contribution >= 4 is 14.5 Å². The number of terminal acetylenes is 1. The van der Waals surface area contributed by atoms with Crippen molar-refractivity contribution in [3.63, 3.8) is 0 Å². The smallest absolute Gasteiger partial charge is 1.00 e. The van der Waals surface area contributed by atoms with Crippen LogP contribution < -0.4 is 118 Å². The van der Waals surface area contributed by atoms with Gasteiger partial charge in [0.2, 0.25) is 0 Å². The third kappa shape index (κ3) is 35.7. The molecule has 0 fully saturated rings. The minimum atomic E-state index is -1.32. The molecule has 0 aromatic heterocycles. The van der Waals surface area contributed by atoms with Crippen LogP contribution in [-0.4, -0.2) is 108 Å². The van der Waals surface area contributed by atoms with Gasteiger partial charge in [0.25, 0.3) is 6.47 Å². The van der Waals surface area contributed by atoms with Gasteiger partial charge in [-0.05, 0) is 48.5 Å². The molecule has 14 heteroatoms. The van der Waals surface area contributed by atoms with Gasteiger partial charge in [0.1, 0.15) is 32.8 Å². The molecular formula is C34H50K2O11Si. The largest absolute Gasteiger partial charge is 1.00 e. The molecule has 0 atom stereocenters. The van der Waals surface area contributed by atoms with Crippen LogP contribution in [0.15, 0.2) is 48.5 Å². The number of benzene rings is 2. The summed E-state index contributed by atoms with van der Waals surface area (Å²) in [6.45, 7) is 13.3. The number of hydrogen-bond acceptors (Lipinski definition) is 11. The van der Waals surface area contributed by atoms with Crippen LogP contribution in [0.25, 0.3) is 0 Å². The van der Waals surface area contributed by atoms with E-state index in [1.165, 1.54) is 0 Å². The van der Waals surface area contributed by atoms with Crippen LogP contribution in [0.5, 0.6) is 11.5 Å². The van der Waals surface area contributed by atoms with E-state index in [1.54, 1.807) is 14.2 Å². The Kier molecular flexibility index (Phi) is 41.4. The maximum atomic E-state index is 8.64. The molecule has 0 heterocycles. The number of ether oxygens (including phenoxy) is 8. The summed E-state index contributed by atoms with van der Waals surface area (Å²) in [6.07, 6.45) is 5.27. The summed E-state index contributed by atoms with van der Waals surface area (Å²) in [7, 11) is 1.98. The Bertz CT molecular complexity index is 1100. The predicted octanol–water partition coefficient (Wildman–Crippen LogP) is -2.74. The molecule has 0 aliphatic carbocycles. The van der Waals surface area contributed by atoms with Crippen molar-refractivity contribution in [1.82, 2.24) is 0 Å². The van der Waals surface area contributed by atoms with Crippen LogP contribution in [0.2, 0.25) is 19.6 Å². The van der Waals surface area contributed by atoms with Crippen molar-refractivity contribution in [2.75, 3.05) is 93.5 Å². The van der Waals surface area contributed by atoms with E-state index in [2.05, 4.69) is 41.9 Å². The van der Waals surface area contributed by atoms with Crippen LogP contribution in [0.1, 0.15) is 12.6 Å². The summed E-state index contributed by atoms with van der Waals surface area (Å²) < 4.78 is 42.2. The molecule has 0 bridgehead atoms. The van der Waals surface area contributed by atoms with Gasteiger partial charge in [-0.25, -0.2) is 0 Å². The molecule has 0 unspecified atom stereocenters. The summed E-state index contributed by atoms with van der Waals surface area (Å²) in [6, 6.07) is 15.3. The average Bonchev–Trinajstić information content (AvgIpc) is 3.06. The van der Waals surface area contributed by atoms with Gasteiger partial charge in [-0.1, -0.05) is 31.5 Å². The molecule has 0 amide bonds. The minimum Gasteiger partial charge on any atom is -1.00 e. The van der Waals surface area contributed by atoms with Crippen molar-refractivity contribution in [3.8, 4) is 35.3 Å². The van der Waals surface area contributed by atoms with Crippen molar-refractivity contribution in [1.29, 1.82) is 0 Å². The number of rotatable bonds is 21. The zero-order valence-electron chi connectivity index (χ0n) is 30.7. The number of carbonyl (C=O) groups excluding carboxylic acids is 1. The SMILES string of the molecule is C#Cc1ccc(OCCOCCOCCOC)cc1.COCCOCCOCCOc1ccc(C#C[Si](C)(C)C)cc1.O=CO[O-].[H-].[K+].[K+]. The number of methoxy groups -OCH3 is 2. The maximum absolute atomic E-state index is 8.64. The quantitative estimate of drug-likeness (QED) is 0.0331. The van der Waals surface area contributed by atoms with Gasteiger partial charge in [-0.2, -0.15) is 0 Å². The number of hydrogen-bond donors (Lipinski definition) is 0. The molecule has 11 nitrogen and oxygen atoms in total. The molecule has 0 aliphatic rings. The maximum Gasteiger partial charge on any atom is 1.00 e. The molecule has 2 rings (SSSR count). The first-order valence-corrected chi connectivity index (χ1v) is 18.3. The summed E-state index contributed by atoms with van der Waals surface area (Å²) in [5, 5.41) is 8.43. The summed E-state index contributed by atoms with van der Waals surface area (Å²) in [5.41, 5.74) is 5.23. The van der Waals surface area contributed by atoms with E-state index in [4.69, 9.17) is 54.4 Å². The topological polar surface area (TPSA) is 123 Å². The van der Waals surface area contributed by atoms with Gasteiger partial charge in [0, 0.05) is 25.3 Å². The second-order valence-electron chi connectivity index (χ2n) is 10.0. The van der Waals surface area contributed by atoms with Crippen molar-refractivity contribution in [3.05, 3.63) is 59.7 Å². The Balaban J connectivity index is -0.000000357. The van der Waals surface area contributed by atoms with Gasteiger partial charge in [-0.3, -0.25) is 4.79 Å². The van der Waals surface area contributed by atoms with Gasteiger partial charge in [0.05, 0.1) is 66.1 Å². The summed E-state index contributed by atoms with van der Waals surface area (Å²) >= 11 is 0. The molecule has 0 aliphatic heterocycles. The Morgan fingerprint density at radius 3 is 1.29 bits per heavy atom. The third-order valence-electron chi connectivity index (χ3n) is 5.10. The van der Waals surface area contributed by atoms with E-state index in [-0.39, 0.29) is 111 Å². The number of carbonyl (C=O) groups is 1. The fourth-order valence-electron chi connectivity index (χ4n) is 2.91. The fourth-order valence-corrected chi connectivity index (χ4v) is 3.43. The van der Waals surface area contributed by atoms with Crippen LogP contribution in [0.4, 0.5) is 0 Å². The van der Waals surface area contributed by atoms with Crippen LogP contribution >= 0.6 is 0 Å². The molecule has 0 N–H and O–H groups in total. The summed E-state index contributed by atoms with van der Waals surface area (Å²) in [4.78, 5) is 11.2. The van der Waals surface area contributed by atoms with Crippen LogP contribution in [0, 0.1) is 23.8 Å². The molecule has 0 spiro atoms. The third-order valence-corrected chi connectivity index (χ3v) is 5.97. The van der Waals surface area contributed by atoms with Gasteiger partial charge in [0.15, 0.2) is 0 Å². The first kappa shape index (κ1) is 52.2. The van der Waals surface area contributed by atoms with E-state index in [0.29, 0.717) is 79.3 Å². The van der Waals surface area contributed by atoms with Crippen molar-refractivity contribution < 1.29 is 157 Å². The van der Waals surface area contributed by atoms with Gasteiger partial charge >= 0.3 is 103 Å². The molecule has 2 aromatic carbocycles. The fraction of sp³-hybridized carbons (Fsp3) is 0.500. The van der Waals surface area contributed by atoms with Crippen LogP contribution in [0.3, 0.4) is 0 Å². The molecule has 48 heavy (non-hydrogen) atoms. The Labute approximate surface area is 374 Å². The van der Waals surface area contributed by atoms with Crippen LogP contribution in [-0.2, 0) is 38.1 Å². The van der Waals surface area contributed by atoms with E-state index >= 15 is 0 Å². The minimum absolute atomic E-state index is 0. The second-order valence-corrected chi connectivity index (χ2v) is 14.8. The molecular weight excluding hydrogens is 691 g/mol. The Hall–Kier alpha value is -0.160. The Morgan fingerprint density at radius 2 is 0.979 bits per heavy atom. The zero-order chi connectivity index (χ0) is 34.1. The Morgan fingerprint density at radius 1 is 0.646 bits per heavy atom. The second kappa shape index (κ2) is 38.1. The molecule has 0 saturated carbocycles. The monoisotopic (exact) mass is 740 g/mol. The van der Waals surface area contributed by atoms with E-state index in [1.807, 2.05) is 48.5 Å². The normalized spacial score (nSPS) is 9.69. The van der Waals surface area contributed by atoms with Crippen molar-refractivity contribution in [2.24, 2.45) is 0 Å². The first-order chi connectivity index (χ1) is 22.3. The predicted molar refractivity (Wildman–Crippen MR) is 177 cm³/mol.